The lowest BCUT2D eigenvalue weighted by atomic mass is 9.86. The van der Waals surface area contributed by atoms with E-state index in [0.29, 0.717) is 12.1 Å². The van der Waals surface area contributed by atoms with Crippen LogP contribution in [0.3, 0.4) is 0 Å². The largest absolute Gasteiger partial charge is 0.326 e. The number of aromatic nitrogens is 1. The summed E-state index contributed by atoms with van der Waals surface area (Å²) < 4.78 is 0. The molecule has 2 fully saturated rings. The Bertz CT molecular complexity index is 428. The lowest BCUT2D eigenvalue weighted by Crippen LogP contribution is -2.45. The monoisotopic (exact) mass is 217 g/mol. The Labute approximate surface area is 94.9 Å². The summed E-state index contributed by atoms with van der Waals surface area (Å²) in [6.45, 7) is 2.00. The summed E-state index contributed by atoms with van der Waals surface area (Å²) in [5.74, 6) is 0.787. The number of carbonyl (C=O) groups is 1. The van der Waals surface area contributed by atoms with Crippen LogP contribution in [0.4, 0.5) is 10.6 Å². The van der Waals surface area contributed by atoms with Crippen LogP contribution in [0, 0.1) is 6.92 Å². The Morgan fingerprint density at radius 1 is 1.31 bits per heavy atom. The second-order valence-corrected chi connectivity index (χ2v) is 4.67. The Balaban J connectivity index is 1.95. The molecule has 2 amide bonds. The maximum Gasteiger partial charge on any atom is 0.326 e. The molecule has 2 aliphatic rings. The van der Waals surface area contributed by atoms with Crippen molar-refractivity contribution >= 4 is 11.8 Å². The van der Waals surface area contributed by atoms with Gasteiger partial charge in [0.15, 0.2) is 0 Å². The lowest BCUT2D eigenvalue weighted by molar-refractivity contribution is 0.196. The SMILES string of the molecule is Cc1ccc(N2C(=O)N(C)[C@H]3CC[C@H]32)nc1. The third-order valence-corrected chi connectivity index (χ3v) is 3.68. The van der Waals surface area contributed by atoms with Crippen LogP contribution in [-0.2, 0) is 0 Å². The molecule has 1 aromatic rings. The van der Waals surface area contributed by atoms with E-state index in [0.717, 1.165) is 24.2 Å². The zero-order chi connectivity index (χ0) is 11.3. The molecule has 1 aliphatic heterocycles. The van der Waals surface area contributed by atoms with Gasteiger partial charge in [0, 0.05) is 13.2 Å². The first-order chi connectivity index (χ1) is 7.68. The Morgan fingerprint density at radius 2 is 2.06 bits per heavy atom. The summed E-state index contributed by atoms with van der Waals surface area (Å²) in [4.78, 5) is 20.1. The highest BCUT2D eigenvalue weighted by molar-refractivity contribution is 5.95. The molecule has 0 aromatic carbocycles. The highest BCUT2D eigenvalue weighted by Crippen LogP contribution is 2.38. The molecule has 1 saturated carbocycles. The van der Waals surface area contributed by atoms with E-state index in [4.69, 9.17) is 0 Å². The van der Waals surface area contributed by atoms with Gasteiger partial charge in [-0.1, -0.05) is 6.07 Å². The van der Waals surface area contributed by atoms with Crippen LogP contribution in [0.25, 0.3) is 0 Å². The van der Waals surface area contributed by atoms with Gasteiger partial charge < -0.3 is 4.90 Å². The van der Waals surface area contributed by atoms with Gasteiger partial charge in [-0.2, -0.15) is 0 Å². The van der Waals surface area contributed by atoms with Crippen molar-refractivity contribution in [3.8, 4) is 0 Å². The summed E-state index contributed by atoms with van der Waals surface area (Å²) in [6, 6.07) is 4.76. The Kier molecular flexibility index (Phi) is 1.93. The number of likely N-dealkylation sites (N-methyl/N-ethyl adjacent to an activating group) is 1. The first kappa shape index (κ1) is 9.63. The molecule has 1 aliphatic carbocycles. The van der Waals surface area contributed by atoms with E-state index in [1.165, 1.54) is 0 Å². The van der Waals surface area contributed by atoms with Gasteiger partial charge >= 0.3 is 6.03 Å². The molecule has 4 nitrogen and oxygen atoms in total. The molecule has 2 atom stereocenters. The van der Waals surface area contributed by atoms with Crippen molar-refractivity contribution in [1.29, 1.82) is 0 Å². The topological polar surface area (TPSA) is 36.4 Å². The second kappa shape index (κ2) is 3.20. The number of hydrogen-bond acceptors (Lipinski definition) is 2. The summed E-state index contributed by atoms with van der Waals surface area (Å²) in [5.41, 5.74) is 1.12. The van der Waals surface area contributed by atoms with Crippen molar-refractivity contribution in [2.24, 2.45) is 0 Å². The third-order valence-electron chi connectivity index (χ3n) is 3.68. The van der Waals surface area contributed by atoms with Crippen molar-refractivity contribution in [2.45, 2.75) is 31.8 Å². The molecule has 0 unspecified atom stereocenters. The molecule has 4 heteroatoms. The van der Waals surface area contributed by atoms with Crippen LogP contribution >= 0.6 is 0 Å². The fourth-order valence-electron chi connectivity index (χ4n) is 2.54. The number of rotatable bonds is 1. The maximum absolute atomic E-state index is 12.1. The summed E-state index contributed by atoms with van der Waals surface area (Å²) >= 11 is 0. The van der Waals surface area contributed by atoms with Gasteiger partial charge in [0.25, 0.3) is 0 Å². The fraction of sp³-hybridized carbons (Fsp3) is 0.500. The minimum Gasteiger partial charge on any atom is -0.322 e. The van der Waals surface area contributed by atoms with Crippen LogP contribution in [0.5, 0.6) is 0 Å². The van der Waals surface area contributed by atoms with Crippen molar-refractivity contribution < 1.29 is 4.79 Å². The van der Waals surface area contributed by atoms with Crippen molar-refractivity contribution in [1.82, 2.24) is 9.88 Å². The number of aryl methyl sites for hydroxylation is 1. The summed E-state index contributed by atoms with van der Waals surface area (Å²) in [6.07, 6.45) is 4.03. The zero-order valence-electron chi connectivity index (χ0n) is 9.55. The Hall–Kier alpha value is -1.58. The highest BCUT2D eigenvalue weighted by atomic mass is 16.2. The highest BCUT2D eigenvalue weighted by Gasteiger charge is 2.50. The quantitative estimate of drug-likeness (QED) is 0.719. The van der Waals surface area contributed by atoms with E-state index in [2.05, 4.69) is 4.98 Å². The normalized spacial score (nSPS) is 28.0. The molecular formula is C12H15N3O. The van der Waals surface area contributed by atoms with Crippen molar-refractivity contribution in [3.05, 3.63) is 23.9 Å². The molecule has 1 saturated heterocycles. The van der Waals surface area contributed by atoms with Gasteiger partial charge in [-0.05, 0) is 31.4 Å². The predicted octanol–water partition coefficient (Wildman–Crippen LogP) is 1.79. The number of nitrogens with zero attached hydrogens (tertiary/aromatic N) is 3. The first-order valence-electron chi connectivity index (χ1n) is 5.67. The van der Waals surface area contributed by atoms with E-state index in [9.17, 15) is 4.79 Å². The molecular weight excluding hydrogens is 202 g/mol. The second-order valence-electron chi connectivity index (χ2n) is 4.67. The minimum absolute atomic E-state index is 0.0869. The molecule has 16 heavy (non-hydrogen) atoms. The first-order valence-corrected chi connectivity index (χ1v) is 5.67. The molecule has 1 aromatic heterocycles. The molecule has 84 valence electrons. The molecule has 0 spiro atoms. The number of carbonyl (C=O) groups excluding carboxylic acids is 1. The molecule has 0 N–H and O–H groups in total. The van der Waals surface area contributed by atoms with Gasteiger partial charge in [-0.25, -0.2) is 9.78 Å². The van der Waals surface area contributed by atoms with Crippen LogP contribution in [0.15, 0.2) is 18.3 Å². The zero-order valence-corrected chi connectivity index (χ0v) is 9.55. The van der Waals surface area contributed by atoms with E-state index in [1.807, 2.05) is 42.1 Å². The summed E-state index contributed by atoms with van der Waals surface area (Å²) in [5, 5.41) is 0. The van der Waals surface area contributed by atoms with E-state index in [1.54, 1.807) is 0 Å². The van der Waals surface area contributed by atoms with Crippen LogP contribution < -0.4 is 4.90 Å². The van der Waals surface area contributed by atoms with E-state index >= 15 is 0 Å². The van der Waals surface area contributed by atoms with Gasteiger partial charge in [0.1, 0.15) is 5.82 Å². The number of hydrogen-bond donors (Lipinski definition) is 0. The number of fused-ring (bicyclic) bond motifs is 1. The average Bonchev–Trinajstić information content (AvgIpc) is 2.39. The number of amides is 2. The van der Waals surface area contributed by atoms with Crippen LogP contribution in [0.1, 0.15) is 18.4 Å². The Morgan fingerprint density at radius 3 is 2.56 bits per heavy atom. The third kappa shape index (κ3) is 1.16. The van der Waals surface area contributed by atoms with E-state index in [-0.39, 0.29) is 6.03 Å². The van der Waals surface area contributed by atoms with Gasteiger partial charge in [0.05, 0.1) is 12.1 Å². The van der Waals surface area contributed by atoms with Crippen LogP contribution in [-0.4, -0.2) is 35.0 Å². The van der Waals surface area contributed by atoms with E-state index < -0.39 is 0 Å². The lowest BCUT2D eigenvalue weighted by Gasteiger charge is -2.35. The van der Waals surface area contributed by atoms with Gasteiger partial charge in [-0.3, -0.25) is 4.90 Å². The van der Waals surface area contributed by atoms with Crippen LogP contribution in [0.2, 0.25) is 0 Å². The fourth-order valence-corrected chi connectivity index (χ4v) is 2.54. The molecule has 2 heterocycles. The smallest absolute Gasteiger partial charge is 0.322 e. The number of anilines is 1. The molecule has 0 radical (unpaired) electrons. The average molecular weight is 217 g/mol. The van der Waals surface area contributed by atoms with Crippen molar-refractivity contribution in [3.63, 3.8) is 0 Å². The minimum atomic E-state index is 0.0869. The van der Waals surface area contributed by atoms with Gasteiger partial charge in [0.2, 0.25) is 0 Å². The standard InChI is InChI=1S/C12H15N3O/c1-8-3-6-11(13-7-8)15-10-5-4-9(10)14(2)12(15)16/h3,6-7,9-10H,4-5H2,1-2H3/t9-,10+/m0/s1. The van der Waals surface area contributed by atoms with Gasteiger partial charge in [-0.15, -0.1) is 0 Å². The van der Waals surface area contributed by atoms with Crippen molar-refractivity contribution in [2.75, 3.05) is 11.9 Å². The maximum atomic E-state index is 12.1. The molecule has 3 rings (SSSR count). The molecule has 0 bridgehead atoms. The predicted molar refractivity (Wildman–Crippen MR) is 61.4 cm³/mol. The number of urea groups is 1. The number of pyridine rings is 1. The summed E-state index contributed by atoms with van der Waals surface area (Å²) in [7, 11) is 1.88.